The molecule has 3 aromatic carbocycles. The molecule has 0 aliphatic rings. The smallest absolute Gasteiger partial charge is 0.234 e. The van der Waals surface area contributed by atoms with Gasteiger partial charge in [-0.1, -0.05) is 48.2 Å². The maximum atomic E-state index is 12.6. The van der Waals surface area contributed by atoms with E-state index in [-0.39, 0.29) is 17.4 Å². The summed E-state index contributed by atoms with van der Waals surface area (Å²) in [4.78, 5) is 24.0. The van der Waals surface area contributed by atoms with Gasteiger partial charge in [-0.25, -0.2) is 0 Å². The maximum Gasteiger partial charge on any atom is 0.234 e. The molecule has 0 aliphatic heterocycles. The SMILES string of the molecule is CC(=O)c1ccc(NC(=O)CSc2nnc(-c3ccccc3)n2-c2ccc(C)c(C)c2)cc1. The molecule has 0 radical (unpaired) electrons. The first-order valence-corrected chi connectivity index (χ1v) is 11.5. The number of anilines is 1. The minimum atomic E-state index is -0.161. The second-order valence-electron chi connectivity index (χ2n) is 7.75. The number of ketones is 1. The Hall–Kier alpha value is -3.71. The first-order chi connectivity index (χ1) is 15.9. The topological polar surface area (TPSA) is 76.9 Å². The number of thioether (sulfide) groups is 1. The molecule has 0 atom stereocenters. The first kappa shape index (κ1) is 22.5. The van der Waals surface area contributed by atoms with E-state index in [0.717, 1.165) is 17.1 Å². The molecule has 4 rings (SSSR count). The normalized spacial score (nSPS) is 10.8. The summed E-state index contributed by atoms with van der Waals surface area (Å²) in [5.74, 6) is 0.725. The number of Topliss-reactive ketones (excluding diaryl/α,β-unsaturated/α-hetero) is 1. The van der Waals surface area contributed by atoms with Crippen LogP contribution in [0.3, 0.4) is 0 Å². The number of hydrogen-bond acceptors (Lipinski definition) is 5. The van der Waals surface area contributed by atoms with Crippen LogP contribution in [0.1, 0.15) is 28.4 Å². The van der Waals surface area contributed by atoms with Crippen molar-refractivity contribution in [2.24, 2.45) is 0 Å². The number of carbonyl (C=O) groups is 2. The van der Waals surface area contributed by atoms with Crippen molar-refractivity contribution < 1.29 is 9.59 Å². The fourth-order valence-electron chi connectivity index (χ4n) is 3.35. The highest BCUT2D eigenvalue weighted by atomic mass is 32.2. The summed E-state index contributed by atoms with van der Waals surface area (Å²) in [6, 6.07) is 23.0. The summed E-state index contributed by atoms with van der Waals surface area (Å²) in [7, 11) is 0. The van der Waals surface area contributed by atoms with Crippen molar-refractivity contribution in [1.29, 1.82) is 0 Å². The fourth-order valence-corrected chi connectivity index (χ4v) is 4.10. The van der Waals surface area contributed by atoms with Gasteiger partial charge in [-0.05, 0) is 68.3 Å². The summed E-state index contributed by atoms with van der Waals surface area (Å²) in [5, 5.41) is 12.3. The summed E-state index contributed by atoms with van der Waals surface area (Å²) < 4.78 is 1.99. The van der Waals surface area contributed by atoms with Crippen molar-refractivity contribution in [1.82, 2.24) is 14.8 Å². The summed E-state index contributed by atoms with van der Waals surface area (Å²) >= 11 is 1.33. The van der Waals surface area contributed by atoms with Gasteiger partial charge in [0.15, 0.2) is 16.8 Å². The van der Waals surface area contributed by atoms with Gasteiger partial charge in [-0.15, -0.1) is 10.2 Å². The standard InChI is InChI=1S/C26H24N4O2S/c1-17-9-14-23(15-18(17)2)30-25(21-7-5-4-6-8-21)28-29-26(30)33-16-24(32)27-22-12-10-20(11-13-22)19(3)31/h4-15H,16H2,1-3H3,(H,27,32). The van der Waals surface area contributed by atoms with Crippen LogP contribution in [0.15, 0.2) is 78.0 Å². The van der Waals surface area contributed by atoms with Gasteiger partial charge >= 0.3 is 0 Å². The Bertz CT molecular complexity index is 1300. The van der Waals surface area contributed by atoms with Gasteiger partial charge in [0.1, 0.15) is 0 Å². The third-order valence-electron chi connectivity index (χ3n) is 5.32. The van der Waals surface area contributed by atoms with Crippen LogP contribution in [0.4, 0.5) is 5.69 Å². The van der Waals surface area contributed by atoms with Crippen LogP contribution in [0, 0.1) is 13.8 Å². The average Bonchev–Trinajstić information content (AvgIpc) is 3.24. The third-order valence-corrected chi connectivity index (χ3v) is 6.25. The van der Waals surface area contributed by atoms with Crippen LogP contribution < -0.4 is 5.32 Å². The molecule has 4 aromatic rings. The number of aryl methyl sites for hydroxylation is 2. The van der Waals surface area contributed by atoms with E-state index in [1.807, 2.05) is 41.0 Å². The second-order valence-corrected chi connectivity index (χ2v) is 8.69. The van der Waals surface area contributed by atoms with E-state index in [1.165, 1.54) is 29.8 Å². The molecule has 0 aliphatic carbocycles. The minimum Gasteiger partial charge on any atom is -0.325 e. The number of nitrogens with zero attached hydrogens (tertiary/aromatic N) is 3. The Balaban J connectivity index is 1.57. The number of hydrogen-bond donors (Lipinski definition) is 1. The highest BCUT2D eigenvalue weighted by Crippen LogP contribution is 2.29. The van der Waals surface area contributed by atoms with Gasteiger partial charge in [0.2, 0.25) is 5.91 Å². The van der Waals surface area contributed by atoms with Crippen LogP contribution in [-0.4, -0.2) is 32.2 Å². The molecule has 1 amide bonds. The molecular weight excluding hydrogens is 432 g/mol. The summed E-state index contributed by atoms with van der Waals surface area (Å²) in [5.41, 5.74) is 5.53. The van der Waals surface area contributed by atoms with Crippen molar-refractivity contribution in [3.05, 3.63) is 89.5 Å². The van der Waals surface area contributed by atoms with Crippen LogP contribution >= 0.6 is 11.8 Å². The van der Waals surface area contributed by atoms with Crippen LogP contribution in [0.2, 0.25) is 0 Å². The summed E-state index contributed by atoms with van der Waals surface area (Å²) in [6.07, 6.45) is 0. The quantitative estimate of drug-likeness (QED) is 0.294. The molecule has 1 heterocycles. The van der Waals surface area contributed by atoms with E-state index in [9.17, 15) is 9.59 Å². The molecule has 166 valence electrons. The molecule has 1 aromatic heterocycles. The molecule has 0 fully saturated rings. The van der Waals surface area contributed by atoms with E-state index >= 15 is 0 Å². The predicted octanol–water partition coefficient (Wildman–Crippen LogP) is 5.48. The Kier molecular flexibility index (Phi) is 6.70. The Morgan fingerprint density at radius 1 is 0.909 bits per heavy atom. The van der Waals surface area contributed by atoms with Crippen LogP contribution in [0.25, 0.3) is 17.1 Å². The Morgan fingerprint density at radius 2 is 1.64 bits per heavy atom. The van der Waals surface area contributed by atoms with E-state index < -0.39 is 0 Å². The number of rotatable bonds is 7. The van der Waals surface area contributed by atoms with Crippen LogP contribution in [0.5, 0.6) is 0 Å². The van der Waals surface area contributed by atoms with E-state index in [0.29, 0.717) is 16.4 Å². The van der Waals surface area contributed by atoms with E-state index in [2.05, 4.69) is 41.5 Å². The maximum absolute atomic E-state index is 12.6. The van der Waals surface area contributed by atoms with E-state index in [4.69, 9.17) is 0 Å². The first-order valence-electron chi connectivity index (χ1n) is 10.5. The lowest BCUT2D eigenvalue weighted by Gasteiger charge is -2.12. The van der Waals surface area contributed by atoms with Crippen molar-refractivity contribution in [2.75, 3.05) is 11.1 Å². The molecule has 7 heteroatoms. The zero-order valence-corrected chi connectivity index (χ0v) is 19.5. The highest BCUT2D eigenvalue weighted by Gasteiger charge is 2.18. The Labute approximate surface area is 197 Å². The van der Waals surface area contributed by atoms with Crippen molar-refractivity contribution in [2.45, 2.75) is 25.9 Å². The van der Waals surface area contributed by atoms with Gasteiger partial charge in [0.25, 0.3) is 0 Å². The van der Waals surface area contributed by atoms with Crippen molar-refractivity contribution >= 4 is 29.1 Å². The molecule has 0 unspecified atom stereocenters. The number of benzene rings is 3. The zero-order valence-electron chi connectivity index (χ0n) is 18.7. The number of nitrogens with one attached hydrogen (secondary N) is 1. The molecule has 0 spiro atoms. The molecular formula is C26H24N4O2S. The zero-order chi connectivity index (χ0) is 23.4. The second kappa shape index (κ2) is 9.83. The Morgan fingerprint density at radius 3 is 2.30 bits per heavy atom. The number of amides is 1. The van der Waals surface area contributed by atoms with Crippen molar-refractivity contribution in [3.63, 3.8) is 0 Å². The highest BCUT2D eigenvalue weighted by molar-refractivity contribution is 7.99. The molecule has 0 saturated carbocycles. The van der Waals surface area contributed by atoms with Crippen molar-refractivity contribution in [3.8, 4) is 17.1 Å². The fraction of sp³-hybridized carbons (Fsp3) is 0.154. The van der Waals surface area contributed by atoms with Gasteiger partial charge in [0, 0.05) is 16.8 Å². The van der Waals surface area contributed by atoms with Gasteiger partial charge in [-0.3, -0.25) is 14.2 Å². The largest absolute Gasteiger partial charge is 0.325 e. The number of aromatic nitrogens is 3. The lowest BCUT2D eigenvalue weighted by Crippen LogP contribution is -2.14. The lowest BCUT2D eigenvalue weighted by molar-refractivity contribution is -0.113. The van der Waals surface area contributed by atoms with Gasteiger partial charge in [-0.2, -0.15) is 0 Å². The average molecular weight is 457 g/mol. The molecule has 0 bridgehead atoms. The van der Waals surface area contributed by atoms with Crippen LogP contribution in [-0.2, 0) is 4.79 Å². The third kappa shape index (κ3) is 5.21. The van der Waals surface area contributed by atoms with Gasteiger partial charge < -0.3 is 5.32 Å². The van der Waals surface area contributed by atoms with E-state index in [1.54, 1.807) is 24.3 Å². The summed E-state index contributed by atoms with van der Waals surface area (Å²) in [6.45, 7) is 5.66. The molecule has 1 N–H and O–H groups in total. The molecule has 0 saturated heterocycles. The lowest BCUT2D eigenvalue weighted by atomic mass is 10.1. The predicted molar refractivity (Wildman–Crippen MR) is 132 cm³/mol. The number of carbonyl (C=O) groups excluding carboxylic acids is 2. The van der Waals surface area contributed by atoms with Gasteiger partial charge in [0.05, 0.1) is 11.4 Å². The minimum absolute atomic E-state index is 0.0108. The molecule has 6 nitrogen and oxygen atoms in total. The molecule has 33 heavy (non-hydrogen) atoms. The monoisotopic (exact) mass is 456 g/mol.